The summed E-state index contributed by atoms with van der Waals surface area (Å²) in [6.07, 6.45) is 3.07. The zero-order valence-electron chi connectivity index (χ0n) is 24.8. The van der Waals surface area contributed by atoms with E-state index in [9.17, 15) is 0 Å². The van der Waals surface area contributed by atoms with Crippen molar-refractivity contribution in [2.75, 3.05) is 0 Å². The summed E-state index contributed by atoms with van der Waals surface area (Å²) in [4.78, 5) is 12.5. The van der Waals surface area contributed by atoms with Gasteiger partial charge in [0.2, 0.25) is 0 Å². The number of hydrogen-bond donors (Lipinski definition) is 0. The Morgan fingerprint density at radius 3 is 1.59 bits per heavy atom. The van der Waals surface area contributed by atoms with Crippen molar-refractivity contribution >= 4 is 43.1 Å². The fourth-order valence-electron chi connectivity index (χ4n) is 7.42. The summed E-state index contributed by atoms with van der Waals surface area (Å²) in [5.74, 6) is 0.685. The largest absolute Gasteiger partial charge is 0.225 e. The van der Waals surface area contributed by atoms with Crippen molar-refractivity contribution in [2.24, 2.45) is 0 Å². The van der Waals surface area contributed by atoms with Crippen molar-refractivity contribution in [1.29, 1.82) is 0 Å². The van der Waals surface area contributed by atoms with Crippen LogP contribution in [0.3, 0.4) is 0 Å². The lowest BCUT2D eigenvalue weighted by molar-refractivity contribution is 1.06. The van der Waals surface area contributed by atoms with Gasteiger partial charge in [0, 0.05) is 5.56 Å². The van der Waals surface area contributed by atoms with Gasteiger partial charge in [0.15, 0.2) is 5.82 Å². The Morgan fingerprint density at radius 1 is 0.326 bits per heavy atom. The van der Waals surface area contributed by atoms with Crippen LogP contribution in [0, 0.1) is 0 Å². The molecule has 0 N–H and O–H groups in total. The van der Waals surface area contributed by atoms with E-state index < -0.39 is 0 Å². The number of aromatic nitrogens is 3. The number of rotatable bonds is 3. The van der Waals surface area contributed by atoms with Gasteiger partial charge in [-0.15, -0.1) is 0 Å². The summed E-state index contributed by atoms with van der Waals surface area (Å²) in [6.45, 7) is 0. The molecule has 1 aliphatic rings. The van der Waals surface area contributed by atoms with Crippen LogP contribution in [0.15, 0.2) is 152 Å². The SMILES string of the molecule is c1ccc2c(c1)-c1ccc(-c3ccc4cc(-c5ccc6cc(-c7ncncn7)ccc6c5)ccc4c3)c3c1c-2cc1ccccc13. The quantitative estimate of drug-likeness (QED) is 0.194. The van der Waals surface area contributed by atoms with E-state index in [-0.39, 0.29) is 0 Å². The predicted octanol–water partition coefficient (Wildman–Crippen LogP) is 11.1. The molecule has 0 fully saturated rings. The molecule has 0 bridgehead atoms. The van der Waals surface area contributed by atoms with Crippen molar-refractivity contribution < 1.29 is 0 Å². The molecule has 0 amide bonds. The zero-order valence-corrected chi connectivity index (χ0v) is 24.8. The molecule has 10 rings (SSSR count). The van der Waals surface area contributed by atoms with Crippen LogP contribution in [0.2, 0.25) is 0 Å². The summed E-state index contributed by atoms with van der Waals surface area (Å²) >= 11 is 0. The standard InChI is InChI=1S/C43H25N3/c1-2-6-35-32(5-1)23-40-38-8-4-3-7-37(38)39-18-17-36(41(35)42(39)40)33-15-13-28-19-26(9-11-30(28)21-33)27-10-12-31-22-34(16-14-29(31)20-27)43-45-24-44-25-46-43/h1-25H. The van der Waals surface area contributed by atoms with E-state index in [1.165, 1.54) is 94.9 Å². The van der Waals surface area contributed by atoms with Crippen LogP contribution in [0.25, 0.3) is 99.0 Å². The number of fused-ring (bicyclic) bond motifs is 7. The molecule has 0 saturated carbocycles. The van der Waals surface area contributed by atoms with Crippen LogP contribution >= 0.6 is 0 Å². The molecule has 3 heteroatoms. The summed E-state index contributed by atoms with van der Waals surface area (Å²) in [6, 6.07) is 51.4. The van der Waals surface area contributed by atoms with Gasteiger partial charge in [-0.25, -0.2) is 15.0 Å². The Bertz CT molecular complexity index is 2690. The van der Waals surface area contributed by atoms with Crippen LogP contribution in [-0.2, 0) is 0 Å². The predicted molar refractivity (Wildman–Crippen MR) is 191 cm³/mol. The Kier molecular flexibility index (Phi) is 5.28. The zero-order chi connectivity index (χ0) is 30.2. The lowest BCUT2D eigenvalue weighted by Crippen LogP contribution is -1.89. The highest BCUT2D eigenvalue weighted by molar-refractivity contribution is 6.27. The number of nitrogens with zero attached hydrogens (tertiary/aromatic N) is 3. The van der Waals surface area contributed by atoms with Crippen LogP contribution in [0.5, 0.6) is 0 Å². The highest BCUT2D eigenvalue weighted by atomic mass is 15.0. The smallest absolute Gasteiger partial charge is 0.162 e. The first kappa shape index (κ1) is 25.2. The first-order valence-corrected chi connectivity index (χ1v) is 15.6. The van der Waals surface area contributed by atoms with Crippen molar-refractivity contribution in [2.45, 2.75) is 0 Å². The van der Waals surface area contributed by atoms with Gasteiger partial charge in [0.25, 0.3) is 0 Å². The number of benzene rings is 8. The minimum absolute atomic E-state index is 0.685. The van der Waals surface area contributed by atoms with E-state index in [4.69, 9.17) is 0 Å². The molecule has 1 aliphatic carbocycles. The van der Waals surface area contributed by atoms with E-state index >= 15 is 0 Å². The third kappa shape index (κ3) is 3.75. The van der Waals surface area contributed by atoms with Crippen molar-refractivity contribution in [3.8, 4) is 55.9 Å². The summed E-state index contributed by atoms with van der Waals surface area (Å²) < 4.78 is 0. The van der Waals surface area contributed by atoms with Crippen LogP contribution in [-0.4, -0.2) is 15.0 Å². The molecule has 9 aromatic rings. The molecule has 0 radical (unpaired) electrons. The van der Waals surface area contributed by atoms with Crippen molar-refractivity contribution in [3.63, 3.8) is 0 Å². The van der Waals surface area contributed by atoms with Gasteiger partial charge in [-0.2, -0.15) is 0 Å². The summed E-state index contributed by atoms with van der Waals surface area (Å²) in [5.41, 5.74) is 11.2. The average Bonchev–Trinajstić information content (AvgIpc) is 3.45. The first-order chi connectivity index (χ1) is 22.8. The van der Waals surface area contributed by atoms with Gasteiger partial charge in [0.05, 0.1) is 0 Å². The van der Waals surface area contributed by atoms with Crippen molar-refractivity contribution in [1.82, 2.24) is 15.0 Å². The van der Waals surface area contributed by atoms with Crippen molar-refractivity contribution in [3.05, 3.63) is 152 Å². The molecule has 1 heterocycles. The molecule has 8 aromatic carbocycles. The van der Waals surface area contributed by atoms with Gasteiger partial charge >= 0.3 is 0 Å². The number of hydrogen-bond acceptors (Lipinski definition) is 3. The minimum atomic E-state index is 0.685. The van der Waals surface area contributed by atoms with E-state index in [2.05, 4.69) is 154 Å². The Labute approximate surface area is 265 Å². The van der Waals surface area contributed by atoms with Crippen LogP contribution in [0.4, 0.5) is 0 Å². The van der Waals surface area contributed by atoms with Gasteiger partial charge in [0.1, 0.15) is 12.7 Å². The molecule has 0 unspecified atom stereocenters. The van der Waals surface area contributed by atoms with Crippen LogP contribution < -0.4 is 0 Å². The molecule has 0 aliphatic heterocycles. The maximum atomic E-state index is 4.30. The molecule has 212 valence electrons. The Hall–Kier alpha value is -6.19. The van der Waals surface area contributed by atoms with E-state index in [0.717, 1.165) is 10.9 Å². The Balaban J connectivity index is 1.08. The monoisotopic (exact) mass is 583 g/mol. The second-order valence-electron chi connectivity index (χ2n) is 12.1. The Morgan fingerprint density at radius 2 is 0.870 bits per heavy atom. The lowest BCUT2D eigenvalue weighted by atomic mass is 9.89. The highest BCUT2D eigenvalue weighted by Gasteiger charge is 2.24. The lowest BCUT2D eigenvalue weighted by Gasteiger charge is -2.14. The molecule has 3 nitrogen and oxygen atoms in total. The molecule has 46 heavy (non-hydrogen) atoms. The topological polar surface area (TPSA) is 38.7 Å². The molecule has 0 atom stereocenters. The van der Waals surface area contributed by atoms with Crippen LogP contribution in [0.1, 0.15) is 0 Å². The third-order valence-electron chi connectivity index (χ3n) is 9.59. The second-order valence-corrected chi connectivity index (χ2v) is 12.1. The molecular formula is C43H25N3. The molecule has 0 spiro atoms. The maximum absolute atomic E-state index is 4.30. The van der Waals surface area contributed by atoms with E-state index in [1.54, 1.807) is 0 Å². The highest BCUT2D eigenvalue weighted by Crippen LogP contribution is 2.51. The van der Waals surface area contributed by atoms with Gasteiger partial charge < -0.3 is 0 Å². The van der Waals surface area contributed by atoms with Gasteiger partial charge in [-0.3, -0.25) is 0 Å². The second kappa shape index (κ2) is 9.65. The first-order valence-electron chi connectivity index (χ1n) is 15.6. The van der Waals surface area contributed by atoms with E-state index in [0.29, 0.717) is 5.82 Å². The summed E-state index contributed by atoms with van der Waals surface area (Å²) in [5, 5.41) is 10.1. The third-order valence-corrected chi connectivity index (χ3v) is 9.59. The van der Waals surface area contributed by atoms with Gasteiger partial charge in [-0.05, 0) is 118 Å². The molecular weight excluding hydrogens is 558 g/mol. The molecule has 0 saturated heterocycles. The van der Waals surface area contributed by atoms with Gasteiger partial charge in [-0.1, -0.05) is 109 Å². The summed E-state index contributed by atoms with van der Waals surface area (Å²) in [7, 11) is 0. The fourth-order valence-corrected chi connectivity index (χ4v) is 7.42. The molecule has 1 aromatic heterocycles. The fraction of sp³-hybridized carbons (Fsp3) is 0. The van der Waals surface area contributed by atoms with E-state index in [1.807, 2.05) is 0 Å². The minimum Gasteiger partial charge on any atom is -0.225 e. The average molecular weight is 584 g/mol. The maximum Gasteiger partial charge on any atom is 0.162 e. The normalized spacial score (nSPS) is 11.9.